The van der Waals surface area contributed by atoms with Crippen molar-refractivity contribution in [2.45, 2.75) is 18.9 Å². The predicted octanol–water partition coefficient (Wildman–Crippen LogP) is 0.877. The molecule has 2 heterocycles. The Morgan fingerprint density at radius 1 is 1.33 bits per heavy atom. The highest BCUT2D eigenvalue weighted by Gasteiger charge is 2.32. The summed E-state index contributed by atoms with van der Waals surface area (Å²) in [7, 11) is 0. The van der Waals surface area contributed by atoms with Crippen molar-refractivity contribution in [1.82, 2.24) is 20.1 Å². The molecule has 1 aliphatic rings. The van der Waals surface area contributed by atoms with Crippen LogP contribution in [0.1, 0.15) is 23.5 Å². The highest BCUT2D eigenvalue weighted by molar-refractivity contribution is 5.93. The summed E-state index contributed by atoms with van der Waals surface area (Å²) >= 11 is 0. The van der Waals surface area contributed by atoms with Gasteiger partial charge in [0.05, 0.1) is 12.3 Å². The van der Waals surface area contributed by atoms with Crippen LogP contribution in [0.5, 0.6) is 0 Å². The van der Waals surface area contributed by atoms with Gasteiger partial charge in [-0.3, -0.25) is 4.79 Å². The molecule has 24 heavy (non-hydrogen) atoms. The van der Waals surface area contributed by atoms with E-state index in [1.807, 2.05) is 30.3 Å². The van der Waals surface area contributed by atoms with E-state index < -0.39 is 17.9 Å². The lowest BCUT2D eigenvalue weighted by Gasteiger charge is -2.27. The number of benzene rings is 1. The topological polar surface area (TPSA) is 106 Å². The minimum absolute atomic E-state index is 0.0677. The number of aliphatic carboxylic acids is 1. The maximum absolute atomic E-state index is 12.3. The van der Waals surface area contributed by atoms with Crippen molar-refractivity contribution in [2.75, 3.05) is 13.2 Å². The lowest BCUT2D eigenvalue weighted by atomic mass is 9.93. The summed E-state index contributed by atoms with van der Waals surface area (Å²) in [6.45, 7) is 0.947. The molecule has 126 valence electrons. The largest absolute Gasteiger partial charge is 0.480 e. The average Bonchev–Trinajstić information content (AvgIpc) is 3.11. The first kappa shape index (κ1) is 16.1. The van der Waals surface area contributed by atoms with Gasteiger partial charge in [-0.15, -0.1) is 5.10 Å². The van der Waals surface area contributed by atoms with Crippen molar-refractivity contribution in [3.63, 3.8) is 0 Å². The number of para-hydroxylation sites is 1. The van der Waals surface area contributed by atoms with Gasteiger partial charge in [-0.1, -0.05) is 18.2 Å². The second-order valence-corrected chi connectivity index (χ2v) is 5.61. The maximum Gasteiger partial charge on any atom is 0.326 e. The number of aromatic nitrogens is 3. The SMILES string of the molecule is O=C(N[C@@H](C(=O)O)[C@@H]1CCCOC1)c1ncn(-c2ccccc2)n1. The van der Waals surface area contributed by atoms with Crippen LogP contribution in [0.15, 0.2) is 36.7 Å². The molecule has 3 rings (SSSR count). The van der Waals surface area contributed by atoms with Crippen LogP contribution >= 0.6 is 0 Å². The molecule has 1 aromatic carbocycles. The second kappa shape index (κ2) is 7.22. The van der Waals surface area contributed by atoms with E-state index in [0.717, 1.165) is 12.1 Å². The lowest BCUT2D eigenvalue weighted by Crippen LogP contribution is -2.48. The molecule has 0 unspecified atom stereocenters. The van der Waals surface area contributed by atoms with Crippen molar-refractivity contribution >= 4 is 11.9 Å². The summed E-state index contributed by atoms with van der Waals surface area (Å²) in [5, 5.41) is 16.0. The molecule has 1 aliphatic heterocycles. The van der Waals surface area contributed by atoms with Crippen LogP contribution < -0.4 is 5.32 Å². The normalized spacial score (nSPS) is 18.8. The van der Waals surface area contributed by atoms with Crippen molar-refractivity contribution < 1.29 is 19.4 Å². The molecule has 1 aromatic heterocycles. The maximum atomic E-state index is 12.3. The molecular formula is C16H18N4O4. The van der Waals surface area contributed by atoms with E-state index in [0.29, 0.717) is 19.6 Å². The van der Waals surface area contributed by atoms with E-state index in [1.165, 1.54) is 11.0 Å². The number of nitrogens with zero attached hydrogens (tertiary/aromatic N) is 3. The Kier molecular flexibility index (Phi) is 4.85. The Hall–Kier alpha value is -2.74. The fourth-order valence-corrected chi connectivity index (χ4v) is 2.69. The zero-order chi connectivity index (χ0) is 16.9. The Morgan fingerprint density at radius 3 is 2.79 bits per heavy atom. The Balaban J connectivity index is 1.71. The van der Waals surface area contributed by atoms with E-state index >= 15 is 0 Å². The van der Waals surface area contributed by atoms with Gasteiger partial charge in [0.15, 0.2) is 0 Å². The Labute approximate surface area is 138 Å². The number of hydrogen-bond donors (Lipinski definition) is 2. The third-order valence-corrected chi connectivity index (χ3v) is 3.94. The summed E-state index contributed by atoms with van der Waals surface area (Å²) in [5.41, 5.74) is 0.763. The van der Waals surface area contributed by atoms with Gasteiger partial charge < -0.3 is 15.2 Å². The fourth-order valence-electron chi connectivity index (χ4n) is 2.69. The molecule has 0 bridgehead atoms. The third kappa shape index (κ3) is 3.60. The van der Waals surface area contributed by atoms with E-state index in [-0.39, 0.29) is 11.7 Å². The summed E-state index contributed by atoms with van der Waals surface area (Å²) in [6.07, 6.45) is 2.90. The molecule has 0 saturated carbocycles. The third-order valence-electron chi connectivity index (χ3n) is 3.94. The number of amides is 1. The van der Waals surface area contributed by atoms with Gasteiger partial charge in [0.1, 0.15) is 12.4 Å². The van der Waals surface area contributed by atoms with Crippen LogP contribution in [0.2, 0.25) is 0 Å². The van der Waals surface area contributed by atoms with Gasteiger partial charge in [0.2, 0.25) is 5.82 Å². The van der Waals surface area contributed by atoms with E-state index in [4.69, 9.17) is 4.74 Å². The molecule has 2 N–H and O–H groups in total. The minimum Gasteiger partial charge on any atom is -0.480 e. The van der Waals surface area contributed by atoms with Crippen LogP contribution in [0, 0.1) is 5.92 Å². The van der Waals surface area contributed by atoms with Gasteiger partial charge in [0, 0.05) is 12.5 Å². The molecule has 0 radical (unpaired) electrons. The number of nitrogens with one attached hydrogen (secondary N) is 1. The first-order valence-electron chi connectivity index (χ1n) is 7.73. The molecule has 0 spiro atoms. The first-order chi connectivity index (χ1) is 11.6. The second-order valence-electron chi connectivity index (χ2n) is 5.61. The molecular weight excluding hydrogens is 312 g/mol. The van der Waals surface area contributed by atoms with Crippen molar-refractivity contribution in [3.05, 3.63) is 42.5 Å². The number of rotatable bonds is 5. The van der Waals surface area contributed by atoms with Crippen LogP contribution in [-0.4, -0.2) is 51.0 Å². The van der Waals surface area contributed by atoms with Crippen LogP contribution in [-0.2, 0) is 9.53 Å². The number of carbonyl (C=O) groups excluding carboxylic acids is 1. The molecule has 8 heteroatoms. The Bertz CT molecular complexity index is 710. The van der Waals surface area contributed by atoms with Crippen LogP contribution in [0.3, 0.4) is 0 Å². The monoisotopic (exact) mass is 330 g/mol. The molecule has 1 fully saturated rings. The quantitative estimate of drug-likeness (QED) is 0.843. The Morgan fingerprint density at radius 2 is 2.12 bits per heavy atom. The highest BCUT2D eigenvalue weighted by atomic mass is 16.5. The number of carboxylic acid groups (broad SMARTS) is 1. The number of hydrogen-bond acceptors (Lipinski definition) is 5. The fraction of sp³-hybridized carbons (Fsp3) is 0.375. The zero-order valence-electron chi connectivity index (χ0n) is 13.0. The summed E-state index contributed by atoms with van der Waals surface area (Å²) < 4.78 is 6.78. The number of ether oxygens (including phenoxy) is 1. The molecule has 0 aliphatic carbocycles. The van der Waals surface area contributed by atoms with Crippen molar-refractivity contribution in [2.24, 2.45) is 5.92 Å². The molecule has 8 nitrogen and oxygen atoms in total. The first-order valence-corrected chi connectivity index (χ1v) is 7.73. The van der Waals surface area contributed by atoms with Gasteiger partial charge in [-0.25, -0.2) is 14.5 Å². The van der Waals surface area contributed by atoms with Gasteiger partial charge in [-0.05, 0) is 25.0 Å². The summed E-state index contributed by atoms with van der Waals surface area (Å²) in [4.78, 5) is 27.7. The van der Waals surface area contributed by atoms with Crippen LogP contribution in [0.4, 0.5) is 0 Å². The highest BCUT2D eigenvalue weighted by Crippen LogP contribution is 2.18. The smallest absolute Gasteiger partial charge is 0.326 e. The predicted molar refractivity (Wildman–Crippen MR) is 83.8 cm³/mol. The van der Waals surface area contributed by atoms with Gasteiger partial charge in [0.25, 0.3) is 5.91 Å². The molecule has 1 amide bonds. The average molecular weight is 330 g/mol. The summed E-state index contributed by atoms with van der Waals surface area (Å²) in [6, 6.07) is 8.21. The van der Waals surface area contributed by atoms with E-state index in [9.17, 15) is 14.7 Å². The molecule has 1 saturated heterocycles. The van der Waals surface area contributed by atoms with E-state index in [1.54, 1.807) is 0 Å². The van der Waals surface area contributed by atoms with E-state index in [2.05, 4.69) is 15.4 Å². The summed E-state index contributed by atoms with van der Waals surface area (Å²) in [5.74, 6) is -2.01. The number of carbonyl (C=O) groups is 2. The molecule has 2 atom stereocenters. The zero-order valence-corrected chi connectivity index (χ0v) is 13.0. The van der Waals surface area contributed by atoms with Gasteiger partial charge in [-0.2, -0.15) is 0 Å². The van der Waals surface area contributed by atoms with Crippen molar-refractivity contribution in [1.29, 1.82) is 0 Å². The minimum atomic E-state index is -1.08. The van der Waals surface area contributed by atoms with Crippen molar-refractivity contribution in [3.8, 4) is 5.69 Å². The lowest BCUT2D eigenvalue weighted by molar-refractivity contribution is -0.142. The van der Waals surface area contributed by atoms with Crippen LogP contribution in [0.25, 0.3) is 5.69 Å². The number of carboxylic acids is 1. The van der Waals surface area contributed by atoms with Gasteiger partial charge >= 0.3 is 5.97 Å². The standard InChI is InChI=1S/C16H18N4O4/c21-15(18-13(16(22)23)11-5-4-8-24-9-11)14-17-10-20(19-14)12-6-2-1-3-7-12/h1-3,6-7,10-11,13H,4-5,8-9H2,(H,18,21)(H,22,23)/t11-,13-/m1/s1. The molecule has 2 aromatic rings.